The second kappa shape index (κ2) is 9.36. The van der Waals surface area contributed by atoms with Crippen molar-refractivity contribution in [2.24, 2.45) is 4.99 Å². The smallest absolute Gasteiger partial charge is 0.191 e. The van der Waals surface area contributed by atoms with Crippen molar-refractivity contribution in [1.29, 1.82) is 0 Å². The lowest BCUT2D eigenvalue weighted by molar-refractivity contribution is 0.203. The molecule has 1 rings (SSSR count). The Balaban J connectivity index is 2.44. The molecule has 1 heterocycles. The largest absolute Gasteiger partial charge is 0.383 e. The van der Waals surface area contributed by atoms with Crippen LogP contribution < -0.4 is 10.6 Å². The second-order valence-corrected chi connectivity index (χ2v) is 4.58. The van der Waals surface area contributed by atoms with Crippen LogP contribution in [0.1, 0.15) is 44.1 Å². The number of aliphatic imine (C=N–C) groups is 1. The van der Waals surface area contributed by atoms with Gasteiger partial charge in [0.2, 0.25) is 0 Å². The number of aromatic nitrogens is 1. The van der Waals surface area contributed by atoms with Crippen LogP contribution in [0.3, 0.4) is 0 Å². The van der Waals surface area contributed by atoms with E-state index in [2.05, 4.69) is 34.6 Å². The average molecular weight is 282 g/mol. The molecule has 6 heteroatoms. The van der Waals surface area contributed by atoms with E-state index in [9.17, 15) is 0 Å². The van der Waals surface area contributed by atoms with Gasteiger partial charge in [0.25, 0.3) is 0 Å². The molecule has 0 fully saturated rings. The SMILES string of the molecule is CCC(CC)c1cc(CNC(=NC)NCCOC)on1. The van der Waals surface area contributed by atoms with Crippen LogP contribution in [0.25, 0.3) is 0 Å². The molecule has 114 valence electrons. The predicted molar refractivity (Wildman–Crippen MR) is 79.9 cm³/mol. The number of methoxy groups -OCH3 is 1. The van der Waals surface area contributed by atoms with Gasteiger partial charge in [0.05, 0.1) is 18.8 Å². The summed E-state index contributed by atoms with van der Waals surface area (Å²) in [6.45, 7) is 6.26. The predicted octanol–water partition coefficient (Wildman–Crippen LogP) is 1.89. The minimum atomic E-state index is 0.478. The molecule has 0 amide bonds. The number of rotatable bonds is 8. The van der Waals surface area contributed by atoms with Crippen LogP contribution in [-0.2, 0) is 11.3 Å². The van der Waals surface area contributed by atoms with Crippen molar-refractivity contribution in [2.75, 3.05) is 27.3 Å². The first-order chi connectivity index (χ1) is 9.74. The van der Waals surface area contributed by atoms with Crippen LogP contribution in [0.15, 0.2) is 15.6 Å². The van der Waals surface area contributed by atoms with Gasteiger partial charge in [-0.25, -0.2) is 0 Å². The van der Waals surface area contributed by atoms with Crippen LogP contribution in [0.5, 0.6) is 0 Å². The van der Waals surface area contributed by atoms with E-state index in [4.69, 9.17) is 9.26 Å². The number of nitrogens with zero attached hydrogens (tertiary/aromatic N) is 2. The Labute approximate surface area is 121 Å². The zero-order valence-electron chi connectivity index (χ0n) is 12.9. The maximum Gasteiger partial charge on any atom is 0.191 e. The van der Waals surface area contributed by atoms with Crippen molar-refractivity contribution in [3.05, 3.63) is 17.5 Å². The van der Waals surface area contributed by atoms with Crippen molar-refractivity contribution in [2.45, 2.75) is 39.2 Å². The molecule has 1 aromatic rings. The summed E-state index contributed by atoms with van der Waals surface area (Å²) in [7, 11) is 3.41. The molecule has 0 aliphatic rings. The number of guanidine groups is 1. The van der Waals surface area contributed by atoms with Crippen molar-refractivity contribution in [3.8, 4) is 0 Å². The second-order valence-electron chi connectivity index (χ2n) is 4.58. The highest BCUT2D eigenvalue weighted by Gasteiger charge is 2.12. The van der Waals surface area contributed by atoms with Crippen LogP contribution in [0.2, 0.25) is 0 Å². The number of ether oxygens (including phenoxy) is 1. The fourth-order valence-corrected chi connectivity index (χ4v) is 1.97. The third kappa shape index (κ3) is 5.21. The summed E-state index contributed by atoms with van der Waals surface area (Å²) in [6.07, 6.45) is 2.16. The maximum absolute atomic E-state index is 5.35. The summed E-state index contributed by atoms with van der Waals surface area (Å²) in [4.78, 5) is 4.13. The molecule has 0 atom stereocenters. The van der Waals surface area contributed by atoms with Crippen molar-refractivity contribution in [3.63, 3.8) is 0 Å². The van der Waals surface area contributed by atoms with Gasteiger partial charge < -0.3 is 19.9 Å². The first kappa shape index (κ1) is 16.5. The fourth-order valence-electron chi connectivity index (χ4n) is 1.97. The van der Waals surface area contributed by atoms with E-state index in [0.29, 0.717) is 25.6 Å². The molecule has 0 aliphatic heterocycles. The van der Waals surface area contributed by atoms with E-state index in [-0.39, 0.29) is 0 Å². The lowest BCUT2D eigenvalue weighted by atomic mass is 9.99. The van der Waals surface area contributed by atoms with Gasteiger partial charge in [-0.2, -0.15) is 0 Å². The van der Waals surface area contributed by atoms with Gasteiger partial charge in [0.15, 0.2) is 11.7 Å². The first-order valence-electron chi connectivity index (χ1n) is 7.14. The van der Waals surface area contributed by atoms with E-state index < -0.39 is 0 Å². The minimum absolute atomic E-state index is 0.478. The van der Waals surface area contributed by atoms with Crippen LogP contribution in [-0.4, -0.2) is 38.4 Å². The molecule has 1 aromatic heterocycles. The zero-order chi connectivity index (χ0) is 14.8. The molecule has 0 aromatic carbocycles. The Kier molecular flexibility index (Phi) is 7.72. The van der Waals surface area contributed by atoms with Gasteiger partial charge in [-0.05, 0) is 12.8 Å². The van der Waals surface area contributed by atoms with Gasteiger partial charge in [-0.1, -0.05) is 19.0 Å². The lowest BCUT2D eigenvalue weighted by Gasteiger charge is -2.09. The Bertz CT molecular complexity index is 400. The third-order valence-corrected chi connectivity index (χ3v) is 3.23. The summed E-state index contributed by atoms with van der Waals surface area (Å²) in [5.41, 5.74) is 1.04. The normalized spacial score (nSPS) is 11.9. The Morgan fingerprint density at radius 1 is 1.40 bits per heavy atom. The molecule has 0 spiro atoms. The Hall–Kier alpha value is -1.56. The molecule has 0 unspecified atom stereocenters. The molecule has 0 bridgehead atoms. The highest BCUT2D eigenvalue weighted by molar-refractivity contribution is 5.79. The summed E-state index contributed by atoms with van der Waals surface area (Å²) in [6, 6.07) is 2.02. The van der Waals surface area contributed by atoms with Crippen molar-refractivity contribution in [1.82, 2.24) is 15.8 Å². The van der Waals surface area contributed by atoms with Crippen LogP contribution in [0.4, 0.5) is 0 Å². The number of hydrogen-bond acceptors (Lipinski definition) is 4. The highest BCUT2D eigenvalue weighted by Crippen LogP contribution is 2.22. The monoisotopic (exact) mass is 282 g/mol. The van der Waals surface area contributed by atoms with E-state index >= 15 is 0 Å². The molecule has 6 nitrogen and oxygen atoms in total. The molecule has 2 N–H and O–H groups in total. The van der Waals surface area contributed by atoms with Gasteiger partial charge >= 0.3 is 0 Å². The fraction of sp³-hybridized carbons (Fsp3) is 0.714. The third-order valence-electron chi connectivity index (χ3n) is 3.23. The zero-order valence-corrected chi connectivity index (χ0v) is 12.9. The van der Waals surface area contributed by atoms with Gasteiger partial charge in [-0.15, -0.1) is 0 Å². The number of hydrogen-bond donors (Lipinski definition) is 2. The number of nitrogens with one attached hydrogen (secondary N) is 2. The van der Waals surface area contributed by atoms with E-state index in [0.717, 1.165) is 30.3 Å². The molecule has 0 radical (unpaired) electrons. The van der Waals surface area contributed by atoms with Gasteiger partial charge in [0, 0.05) is 32.7 Å². The lowest BCUT2D eigenvalue weighted by Crippen LogP contribution is -2.38. The minimum Gasteiger partial charge on any atom is -0.383 e. The summed E-state index contributed by atoms with van der Waals surface area (Å²) < 4.78 is 10.3. The molecule has 0 saturated heterocycles. The standard InChI is InChI=1S/C14H26N4O2/c1-5-11(6-2)13-9-12(20-18-13)10-17-14(15-3)16-7-8-19-4/h9,11H,5-8,10H2,1-4H3,(H2,15,16,17). The highest BCUT2D eigenvalue weighted by atomic mass is 16.5. The topological polar surface area (TPSA) is 71.7 Å². The van der Waals surface area contributed by atoms with Crippen LogP contribution in [0, 0.1) is 0 Å². The van der Waals surface area contributed by atoms with Crippen molar-refractivity contribution < 1.29 is 9.26 Å². The van der Waals surface area contributed by atoms with Crippen LogP contribution >= 0.6 is 0 Å². The molecule has 20 heavy (non-hydrogen) atoms. The Morgan fingerprint density at radius 2 is 2.15 bits per heavy atom. The first-order valence-corrected chi connectivity index (χ1v) is 7.14. The summed E-state index contributed by atoms with van der Waals surface area (Å²) >= 11 is 0. The molecular weight excluding hydrogens is 256 g/mol. The van der Waals surface area contributed by atoms with E-state index in [1.807, 2.05) is 6.07 Å². The molecular formula is C14H26N4O2. The Morgan fingerprint density at radius 3 is 2.75 bits per heavy atom. The van der Waals surface area contributed by atoms with E-state index in [1.165, 1.54) is 0 Å². The quantitative estimate of drug-likeness (QED) is 0.433. The molecule has 0 saturated carbocycles. The molecule has 0 aliphatic carbocycles. The summed E-state index contributed by atoms with van der Waals surface area (Å²) in [5, 5.41) is 10.5. The summed E-state index contributed by atoms with van der Waals surface area (Å²) in [5.74, 6) is 2.02. The van der Waals surface area contributed by atoms with Crippen molar-refractivity contribution >= 4 is 5.96 Å². The van der Waals surface area contributed by atoms with Gasteiger partial charge in [0.1, 0.15) is 0 Å². The average Bonchev–Trinajstić information content (AvgIpc) is 2.93. The van der Waals surface area contributed by atoms with E-state index in [1.54, 1.807) is 14.2 Å². The van der Waals surface area contributed by atoms with Gasteiger partial charge in [-0.3, -0.25) is 4.99 Å². The maximum atomic E-state index is 5.35.